The predicted molar refractivity (Wildman–Crippen MR) is 60.4 cm³/mol. The summed E-state index contributed by atoms with van der Waals surface area (Å²) in [6.07, 6.45) is -4.45. The van der Waals surface area contributed by atoms with Crippen LogP contribution in [0.4, 0.5) is 13.2 Å². The largest absolute Gasteiger partial charge is 0.416 e. The molecule has 2 rings (SSSR count). The Morgan fingerprint density at radius 1 is 1.17 bits per heavy atom. The van der Waals surface area contributed by atoms with Crippen molar-refractivity contribution in [2.24, 2.45) is 0 Å². The number of H-pyrrole nitrogens is 2. The highest BCUT2D eigenvalue weighted by Crippen LogP contribution is 2.32. The predicted octanol–water partition coefficient (Wildman–Crippen LogP) is 2.62. The van der Waals surface area contributed by atoms with Crippen molar-refractivity contribution < 1.29 is 13.2 Å². The highest BCUT2D eigenvalue weighted by molar-refractivity contribution is 5.34. The van der Waals surface area contributed by atoms with E-state index >= 15 is 0 Å². The molecule has 0 saturated carbocycles. The second-order valence-corrected chi connectivity index (χ2v) is 4.01. The lowest BCUT2D eigenvalue weighted by atomic mass is 10.00. The molecule has 0 aliphatic carbocycles. The van der Waals surface area contributed by atoms with Crippen LogP contribution in [0, 0.1) is 6.92 Å². The summed E-state index contributed by atoms with van der Waals surface area (Å²) >= 11 is 0. The minimum atomic E-state index is -4.41. The zero-order valence-electron chi connectivity index (χ0n) is 9.56. The number of alkyl halides is 3. The number of benzene rings is 1. The van der Waals surface area contributed by atoms with Crippen LogP contribution in [-0.4, -0.2) is 10.2 Å². The van der Waals surface area contributed by atoms with Gasteiger partial charge < -0.3 is 5.10 Å². The summed E-state index contributed by atoms with van der Waals surface area (Å²) in [5.74, 6) is 0. The summed E-state index contributed by atoms with van der Waals surface area (Å²) in [5.41, 5.74) is -0.114. The summed E-state index contributed by atoms with van der Waals surface area (Å²) in [5, 5.41) is 4.95. The van der Waals surface area contributed by atoms with Crippen LogP contribution in [0.25, 0.3) is 0 Å². The van der Waals surface area contributed by atoms with Crippen LogP contribution in [0.3, 0.4) is 0 Å². The Balaban J connectivity index is 2.45. The maximum atomic E-state index is 12.8. The molecule has 3 nitrogen and oxygen atoms in total. The molecule has 0 amide bonds. The third-order valence-corrected chi connectivity index (χ3v) is 2.78. The molecule has 0 fully saturated rings. The van der Waals surface area contributed by atoms with Gasteiger partial charge in [-0.05, 0) is 18.6 Å². The SMILES string of the molecule is Cc1[nH][nH]c(=O)c1Cc1ccccc1C(F)(F)F. The number of rotatable bonds is 2. The molecule has 18 heavy (non-hydrogen) atoms. The molecule has 0 bridgehead atoms. The first kappa shape index (κ1) is 12.5. The summed E-state index contributed by atoms with van der Waals surface area (Å²) < 4.78 is 38.4. The van der Waals surface area contributed by atoms with Gasteiger partial charge in [-0.3, -0.25) is 9.89 Å². The molecule has 0 radical (unpaired) electrons. The fourth-order valence-corrected chi connectivity index (χ4v) is 1.83. The summed E-state index contributed by atoms with van der Waals surface area (Å²) in [4.78, 5) is 11.4. The number of aromatic amines is 2. The fourth-order valence-electron chi connectivity index (χ4n) is 1.83. The van der Waals surface area contributed by atoms with Crippen molar-refractivity contribution in [3.8, 4) is 0 Å². The average molecular weight is 256 g/mol. The summed E-state index contributed by atoms with van der Waals surface area (Å²) in [6, 6.07) is 5.27. The molecule has 0 spiro atoms. The smallest absolute Gasteiger partial charge is 0.302 e. The number of hydrogen-bond donors (Lipinski definition) is 2. The Morgan fingerprint density at radius 2 is 1.83 bits per heavy atom. The maximum Gasteiger partial charge on any atom is 0.416 e. The Labute approximate surface area is 101 Å². The molecule has 0 aliphatic rings. The van der Waals surface area contributed by atoms with Gasteiger partial charge in [0, 0.05) is 17.7 Å². The molecule has 2 aromatic rings. The lowest BCUT2D eigenvalue weighted by molar-refractivity contribution is -0.138. The van der Waals surface area contributed by atoms with Gasteiger partial charge in [-0.15, -0.1) is 0 Å². The average Bonchev–Trinajstić information content (AvgIpc) is 2.60. The molecule has 1 aromatic carbocycles. The van der Waals surface area contributed by atoms with E-state index in [1.165, 1.54) is 18.2 Å². The van der Waals surface area contributed by atoms with Gasteiger partial charge in [-0.1, -0.05) is 18.2 Å². The van der Waals surface area contributed by atoms with Crippen molar-refractivity contribution in [1.82, 2.24) is 10.2 Å². The van der Waals surface area contributed by atoms with Crippen LogP contribution in [0.1, 0.15) is 22.4 Å². The van der Waals surface area contributed by atoms with Gasteiger partial charge in [0.25, 0.3) is 5.56 Å². The third kappa shape index (κ3) is 2.32. The second-order valence-electron chi connectivity index (χ2n) is 4.01. The lowest BCUT2D eigenvalue weighted by Crippen LogP contribution is -2.12. The van der Waals surface area contributed by atoms with E-state index in [9.17, 15) is 18.0 Å². The van der Waals surface area contributed by atoms with E-state index in [0.717, 1.165) is 6.07 Å². The minimum absolute atomic E-state index is 0.0413. The fraction of sp³-hybridized carbons (Fsp3) is 0.250. The molecular formula is C12H11F3N2O. The van der Waals surface area contributed by atoms with Gasteiger partial charge in [-0.2, -0.15) is 13.2 Å². The Kier molecular flexibility index (Phi) is 3.02. The number of halogens is 3. The molecule has 1 heterocycles. The van der Waals surface area contributed by atoms with Crippen LogP contribution >= 0.6 is 0 Å². The molecule has 0 atom stereocenters. The van der Waals surface area contributed by atoms with E-state index in [1.54, 1.807) is 6.92 Å². The summed E-state index contributed by atoms with van der Waals surface area (Å²) in [6.45, 7) is 1.64. The molecule has 96 valence electrons. The Morgan fingerprint density at radius 3 is 2.39 bits per heavy atom. The molecule has 0 unspecified atom stereocenters. The van der Waals surface area contributed by atoms with Gasteiger partial charge in [0.15, 0.2) is 0 Å². The third-order valence-electron chi connectivity index (χ3n) is 2.78. The van der Waals surface area contributed by atoms with Crippen molar-refractivity contribution in [2.45, 2.75) is 19.5 Å². The second kappa shape index (κ2) is 4.36. The number of aryl methyl sites for hydroxylation is 1. The quantitative estimate of drug-likeness (QED) is 0.852. The Hall–Kier alpha value is -1.98. The molecule has 0 saturated heterocycles. The van der Waals surface area contributed by atoms with Crippen LogP contribution in [0.2, 0.25) is 0 Å². The standard InChI is InChI=1S/C12H11F3N2O/c1-7-9(11(18)17-16-7)6-8-4-2-3-5-10(8)12(13,14)15/h2-5H,6H2,1H3,(H2,16,17,18). The normalized spacial score (nSPS) is 11.8. The Bertz CT molecular complexity index is 610. The van der Waals surface area contributed by atoms with Crippen LogP contribution in [0.5, 0.6) is 0 Å². The van der Waals surface area contributed by atoms with Gasteiger partial charge >= 0.3 is 6.18 Å². The van der Waals surface area contributed by atoms with Crippen molar-refractivity contribution in [2.75, 3.05) is 0 Å². The van der Waals surface area contributed by atoms with Gasteiger partial charge in [0.05, 0.1) is 5.56 Å². The summed E-state index contributed by atoms with van der Waals surface area (Å²) in [7, 11) is 0. The zero-order valence-corrected chi connectivity index (χ0v) is 9.56. The van der Waals surface area contributed by atoms with Gasteiger partial charge in [-0.25, -0.2) is 0 Å². The van der Waals surface area contributed by atoms with Crippen molar-refractivity contribution in [3.63, 3.8) is 0 Å². The first-order valence-corrected chi connectivity index (χ1v) is 5.31. The van der Waals surface area contributed by atoms with Crippen LogP contribution in [0.15, 0.2) is 29.1 Å². The van der Waals surface area contributed by atoms with Crippen molar-refractivity contribution >= 4 is 0 Å². The molecule has 0 aliphatic heterocycles. The van der Waals surface area contributed by atoms with E-state index in [0.29, 0.717) is 11.3 Å². The van der Waals surface area contributed by atoms with E-state index in [2.05, 4.69) is 10.2 Å². The monoisotopic (exact) mass is 256 g/mol. The molecule has 6 heteroatoms. The van der Waals surface area contributed by atoms with Crippen molar-refractivity contribution in [3.05, 3.63) is 57.0 Å². The first-order valence-electron chi connectivity index (χ1n) is 5.31. The van der Waals surface area contributed by atoms with E-state index in [1.807, 2.05) is 0 Å². The maximum absolute atomic E-state index is 12.8. The highest BCUT2D eigenvalue weighted by atomic mass is 19.4. The van der Waals surface area contributed by atoms with Crippen molar-refractivity contribution in [1.29, 1.82) is 0 Å². The van der Waals surface area contributed by atoms with Crippen LogP contribution < -0.4 is 5.56 Å². The number of hydrogen-bond acceptors (Lipinski definition) is 1. The highest BCUT2D eigenvalue weighted by Gasteiger charge is 2.33. The lowest BCUT2D eigenvalue weighted by Gasteiger charge is -2.11. The number of nitrogens with one attached hydrogen (secondary N) is 2. The topological polar surface area (TPSA) is 48.6 Å². The van der Waals surface area contributed by atoms with Gasteiger partial charge in [0.1, 0.15) is 0 Å². The molecule has 1 aromatic heterocycles. The molecular weight excluding hydrogens is 245 g/mol. The van der Waals surface area contributed by atoms with Gasteiger partial charge in [0.2, 0.25) is 0 Å². The van der Waals surface area contributed by atoms with E-state index in [4.69, 9.17) is 0 Å². The first-order chi connectivity index (χ1) is 8.39. The van der Waals surface area contributed by atoms with E-state index in [-0.39, 0.29) is 17.5 Å². The van der Waals surface area contributed by atoms with E-state index < -0.39 is 11.7 Å². The number of aromatic nitrogens is 2. The molecule has 2 N–H and O–H groups in total. The van der Waals surface area contributed by atoms with Crippen LogP contribution in [-0.2, 0) is 12.6 Å². The zero-order chi connectivity index (χ0) is 13.3. The minimum Gasteiger partial charge on any atom is -0.302 e.